The van der Waals surface area contributed by atoms with E-state index < -0.39 is 29.8 Å². The van der Waals surface area contributed by atoms with E-state index in [1.807, 2.05) is 0 Å². The third-order valence-corrected chi connectivity index (χ3v) is 1.65. The number of hydrogen-bond acceptors (Lipinski definition) is 1. The number of alkyl halides is 4. The van der Waals surface area contributed by atoms with Crippen LogP contribution >= 0.6 is 0 Å². The Morgan fingerprint density at radius 2 is 1.79 bits per heavy atom. The van der Waals surface area contributed by atoms with Gasteiger partial charge in [-0.05, 0) is 6.07 Å². The van der Waals surface area contributed by atoms with Crippen molar-refractivity contribution in [3.63, 3.8) is 0 Å². The van der Waals surface area contributed by atoms with Gasteiger partial charge in [-0.15, -0.1) is 0 Å². The van der Waals surface area contributed by atoms with Crippen LogP contribution in [0.15, 0.2) is 24.3 Å². The van der Waals surface area contributed by atoms with E-state index in [1.165, 1.54) is 6.07 Å². The molecular formula is C9H6F4O. The van der Waals surface area contributed by atoms with Gasteiger partial charge in [-0.1, -0.05) is 18.2 Å². The summed E-state index contributed by atoms with van der Waals surface area (Å²) in [5.74, 6) is -1.15. The first kappa shape index (κ1) is 10.7. The molecule has 14 heavy (non-hydrogen) atoms. The molecule has 0 heterocycles. The first-order valence-corrected chi connectivity index (χ1v) is 3.72. The highest BCUT2D eigenvalue weighted by Crippen LogP contribution is 2.31. The molecule has 0 unspecified atom stereocenters. The molecule has 0 fully saturated rings. The quantitative estimate of drug-likeness (QED) is 0.537. The lowest BCUT2D eigenvalue weighted by molar-refractivity contribution is -0.137. The standard InChI is InChI=1S/C9H6F4O/c10-5-8(14)6-3-1-2-4-7(6)9(11,12)13/h1-4H,5H2. The molecule has 1 rings (SSSR count). The van der Waals surface area contributed by atoms with E-state index in [0.29, 0.717) is 0 Å². The van der Waals surface area contributed by atoms with Crippen LogP contribution in [0.3, 0.4) is 0 Å². The number of halogens is 4. The summed E-state index contributed by atoms with van der Waals surface area (Å²) in [5.41, 5.74) is -1.72. The van der Waals surface area contributed by atoms with Gasteiger partial charge in [0.15, 0.2) is 12.5 Å². The average molecular weight is 206 g/mol. The Morgan fingerprint density at radius 1 is 1.21 bits per heavy atom. The number of carbonyl (C=O) groups is 1. The van der Waals surface area contributed by atoms with Gasteiger partial charge >= 0.3 is 6.18 Å². The van der Waals surface area contributed by atoms with Gasteiger partial charge in [0, 0.05) is 5.56 Å². The van der Waals surface area contributed by atoms with E-state index in [2.05, 4.69) is 0 Å². The maximum Gasteiger partial charge on any atom is 0.417 e. The Kier molecular flexibility index (Phi) is 2.88. The minimum Gasteiger partial charge on any atom is -0.291 e. The summed E-state index contributed by atoms with van der Waals surface area (Å²) in [6.45, 7) is -1.42. The summed E-state index contributed by atoms with van der Waals surface area (Å²) in [7, 11) is 0. The van der Waals surface area contributed by atoms with Crippen LogP contribution in [0.2, 0.25) is 0 Å². The number of hydrogen-bond donors (Lipinski definition) is 0. The molecule has 0 aliphatic carbocycles. The summed E-state index contributed by atoms with van der Waals surface area (Å²) in [6, 6.07) is 4.13. The van der Waals surface area contributed by atoms with Gasteiger partial charge in [0.05, 0.1) is 5.56 Å². The Balaban J connectivity index is 3.23. The number of carbonyl (C=O) groups excluding carboxylic acids is 1. The first-order chi connectivity index (χ1) is 6.46. The van der Waals surface area contributed by atoms with Crippen molar-refractivity contribution in [1.82, 2.24) is 0 Å². The molecule has 1 aromatic carbocycles. The van der Waals surface area contributed by atoms with Crippen molar-refractivity contribution >= 4 is 5.78 Å². The largest absolute Gasteiger partial charge is 0.417 e. The first-order valence-electron chi connectivity index (χ1n) is 3.72. The monoisotopic (exact) mass is 206 g/mol. The SMILES string of the molecule is O=C(CF)c1ccccc1C(F)(F)F. The fourth-order valence-electron chi connectivity index (χ4n) is 1.05. The Bertz CT molecular complexity index is 343. The highest BCUT2D eigenvalue weighted by Gasteiger charge is 2.34. The molecule has 0 bridgehead atoms. The summed E-state index contributed by atoms with van der Waals surface area (Å²) in [5, 5.41) is 0. The van der Waals surface area contributed by atoms with E-state index in [0.717, 1.165) is 18.2 Å². The van der Waals surface area contributed by atoms with Gasteiger partial charge in [-0.25, -0.2) is 4.39 Å². The van der Waals surface area contributed by atoms with Gasteiger partial charge in [-0.3, -0.25) is 4.79 Å². The maximum absolute atomic E-state index is 12.3. The van der Waals surface area contributed by atoms with Crippen LogP contribution < -0.4 is 0 Å². The minimum absolute atomic E-state index is 0.623. The normalized spacial score (nSPS) is 11.4. The zero-order valence-electron chi connectivity index (χ0n) is 6.94. The average Bonchev–Trinajstić information content (AvgIpc) is 2.15. The highest BCUT2D eigenvalue weighted by atomic mass is 19.4. The second kappa shape index (κ2) is 3.77. The molecule has 1 aromatic rings. The van der Waals surface area contributed by atoms with Crippen molar-refractivity contribution in [2.75, 3.05) is 6.67 Å². The van der Waals surface area contributed by atoms with Crippen molar-refractivity contribution < 1.29 is 22.4 Å². The molecule has 5 heteroatoms. The maximum atomic E-state index is 12.3. The number of benzene rings is 1. The summed E-state index contributed by atoms with van der Waals surface area (Å²) >= 11 is 0. The van der Waals surface area contributed by atoms with Crippen LogP contribution in [-0.4, -0.2) is 12.5 Å². The molecule has 0 atom stereocenters. The third kappa shape index (κ3) is 2.10. The van der Waals surface area contributed by atoms with Gasteiger partial charge in [0.25, 0.3) is 0 Å². The Labute approximate surface area is 77.3 Å². The second-order valence-electron chi connectivity index (χ2n) is 2.60. The molecule has 0 N–H and O–H groups in total. The van der Waals surface area contributed by atoms with Crippen molar-refractivity contribution in [3.8, 4) is 0 Å². The molecule has 0 aliphatic rings. The molecule has 1 nitrogen and oxygen atoms in total. The molecule has 76 valence electrons. The molecule has 0 spiro atoms. The molecular weight excluding hydrogens is 200 g/mol. The molecule has 0 radical (unpaired) electrons. The number of Topliss-reactive ketones (excluding diaryl/α,β-unsaturated/α-hetero) is 1. The summed E-state index contributed by atoms with van der Waals surface area (Å²) in [4.78, 5) is 10.8. The van der Waals surface area contributed by atoms with Crippen LogP contribution in [0, 0.1) is 0 Å². The van der Waals surface area contributed by atoms with Gasteiger partial charge < -0.3 is 0 Å². The lowest BCUT2D eigenvalue weighted by atomic mass is 10.0. The van der Waals surface area contributed by atoms with Crippen molar-refractivity contribution in [1.29, 1.82) is 0 Å². The smallest absolute Gasteiger partial charge is 0.291 e. The Hall–Kier alpha value is -1.39. The topological polar surface area (TPSA) is 17.1 Å². The van der Waals surface area contributed by atoms with E-state index in [9.17, 15) is 22.4 Å². The van der Waals surface area contributed by atoms with Gasteiger partial charge in [0.2, 0.25) is 0 Å². The van der Waals surface area contributed by atoms with Gasteiger partial charge in [-0.2, -0.15) is 13.2 Å². The summed E-state index contributed by atoms with van der Waals surface area (Å²) in [6.07, 6.45) is -4.62. The van der Waals surface area contributed by atoms with Crippen LogP contribution in [0.1, 0.15) is 15.9 Å². The third-order valence-electron chi connectivity index (χ3n) is 1.65. The zero-order valence-corrected chi connectivity index (χ0v) is 6.94. The van der Waals surface area contributed by atoms with Crippen molar-refractivity contribution in [2.24, 2.45) is 0 Å². The fourth-order valence-corrected chi connectivity index (χ4v) is 1.05. The lowest BCUT2D eigenvalue weighted by Crippen LogP contribution is -2.13. The van der Waals surface area contributed by atoms with E-state index in [4.69, 9.17) is 0 Å². The molecule has 0 aliphatic heterocycles. The minimum atomic E-state index is -4.62. The van der Waals surface area contributed by atoms with Crippen LogP contribution in [0.25, 0.3) is 0 Å². The Morgan fingerprint density at radius 3 is 2.29 bits per heavy atom. The second-order valence-corrected chi connectivity index (χ2v) is 2.60. The van der Waals surface area contributed by atoms with E-state index in [-0.39, 0.29) is 0 Å². The molecule has 0 saturated heterocycles. The van der Waals surface area contributed by atoms with Crippen molar-refractivity contribution in [3.05, 3.63) is 35.4 Å². The van der Waals surface area contributed by atoms with Crippen LogP contribution in [-0.2, 0) is 6.18 Å². The van der Waals surface area contributed by atoms with Crippen LogP contribution in [0.4, 0.5) is 17.6 Å². The number of ketones is 1. The molecule has 0 saturated carbocycles. The van der Waals surface area contributed by atoms with Crippen molar-refractivity contribution in [2.45, 2.75) is 6.18 Å². The highest BCUT2D eigenvalue weighted by molar-refractivity contribution is 5.98. The molecule has 0 amide bonds. The number of rotatable bonds is 2. The molecule has 0 aromatic heterocycles. The van der Waals surface area contributed by atoms with Crippen LogP contribution in [0.5, 0.6) is 0 Å². The predicted octanol–water partition coefficient (Wildman–Crippen LogP) is 2.86. The summed E-state index contributed by atoms with van der Waals surface area (Å²) < 4.78 is 48.7. The van der Waals surface area contributed by atoms with Gasteiger partial charge in [0.1, 0.15) is 0 Å². The predicted molar refractivity (Wildman–Crippen MR) is 41.7 cm³/mol. The fraction of sp³-hybridized carbons (Fsp3) is 0.222. The lowest BCUT2D eigenvalue weighted by Gasteiger charge is -2.10. The van der Waals surface area contributed by atoms with E-state index in [1.54, 1.807) is 0 Å². The van der Waals surface area contributed by atoms with E-state index >= 15 is 0 Å². The zero-order chi connectivity index (χ0) is 10.8.